The molecule has 0 aromatic carbocycles. The molecule has 2 saturated heterocycles. The Kier molecular flexibility index (Phi) is 6.20. The van der Waals surface area contributed by atoms with E-state index >= 15 is 0 Å². The van der Waals surface area contributed by atoms with E-state index < -0.39 is 11.9 Å². The van der Waals surface area contributed by atoms with Crippen molar-refractivity contribution in [2.45, 2.75) is 110 Å². The lowest BCUT2D eigenvalue weighted by Gasteiger charge is -2.61. The zero-order valence-electron chi connectivity index (χ0n) is 22.8. The van der Waals surface area contributed by atoms with Crippen molar-refractivity contribution in [3.63, 3.8) is 0 Å². The molecule has 0 amide bonds. The zero-order chi connectivity index (χ0) is 25.3. The maximum absolute atomic E-state index is 11.9. The van der Waals surface area contributed by atoms with Gasteiger partial charge in [0.05, 0.1) is 25.2 Å². The second-order valence-corrected chi connectivity index (χ2v) is 13.7. The van der Waals surface area contributed by atoms with Gasteiger partial charge in [0.1, 0.15) is 6.10 Å². The number of terminal acetylenes is 1. The number of carbonyl (C=O) groups is 1. The van der Waals surface area contributed by atoms with E-state index in [1.807, 2.05) is 6.92 Å². The summed E-state index contributed by atoms with van der Waals surface area (Å²) in [6.45, 7) is 10.3. The predicted molar refractivity (Wildman–Crippen MR) is 137 cm³/mol. The molecule has 36 heavy (non-hydrogen) atoms. The van der Waals surface area contributed by atoms with Gasteiger partial charge in [0.15, 0.2) is 5.79 Å². The first-order valence-electron chi connectivity index (χ1n) is 14.9. The molecule has 2 heterocycles. The molecule has 0 radical (unpaired) electrons. The SMILES string of the molecule is C#C[C@H]1C2[C@H](CC3C4CC[C@@H]5C[C@@H](OC(=O)OCC)CC[C@]5(C)C4CC[C@@]32C)O[C@]12CCC(C)CO2. The van der Waals surface area contributed by atoms with Crippen LogP contribution in [-0.4, -0.2) is 37.4 Å². The Hall–Kier alpha value is -1.25. The Morgan fingerprint density at radius 1 is 1.03 bits per heavy atom. The highest BCUT2D eigenvalue weighted by Gasteiger charge is 2.70. The van der Waals surface area contributed by atoms with E-state index in [-0.39, 0.29) is 23.5 Å². The normalized spacial score (nSPS) is 53.5. The van der Waals surface area contributed by atoms with Gasteiger partial charge in [0.25, 0.3) is 0 Å². The fourth-order valence-corrected chi connectivity index (χ4v) is 10.4. The standard InChI is InChI=1S/C31H46O5/c1-6-23-27-26(36-31(23)15-10-19(3)18-34-31)17-25-22-9-8-20-16-21(35-28(32)33-7-2)11-13-29(20,4)24(22)12-14-30(25,27)5/h1,19-27H,7-18H2,2-5H3/t19?,20-,21+,22?,23+,24?,25?,26+,27?,29+,30+,31-/m1/s1. The summed E-state index contributed by atoms with van der Waals surface area (Å²) in [6, 6.07) is 0. The van der Waals surface area contributed by atoms with Gasteiger partial charge in [-0.25, -0.2) is 4.79 Å². The monoisotopic (exact) mass is 498 g/mol. The highest BCUT2D eigenvalue weighted by atomic mass is 16.7. The van der Waals surface area contributed by atoms with Crippen LogP contribution in [0.2, 0.25) is 0 Å². The molecular formula is C31H46O5. The molecule has 1 spiro atoms. The highest BCUT2D eigenvalue weighted by Crippen LogP contribution is 2.71. The topological polar surface area (TPSA) is 54.0 Å². The van der Waals surface area contributed by atoms with Crippen molar-refractivity contribution in [3.8, 4) is 12.3 Å². The average Bonchev–Trinajstić information content (AvgIpc) is 3.31. The molecule has 2 aliphatic heterocycles. The number of fused-ring (bicyclic) bond motifs is 7. The Bertz CT molecular complexity index is 901. The smallest absolute Gasteiger partial charge is 0.435 e. The lowest BCUT2D eigenvalue weighted by atomic mass is 9.44. The van der Waals surface area contributed by atoms with Crippen LogP contribution in [0.5, 0.6) is 0 Å². The lowest BCUT2D eigenvalue weighted by molar-refractivity contribution is -0.267. The maximum atomic E-state index is 11.9. The van der Waals surface area contributed by atoms with E-state index in [9.17, 15) is 4.79 Å². The first-order valence-corrected chi connectivity index (χ1v) is 14.9. The van der Waals surface area contributed by atoms with Crippen LogP contribution in [0.3, 0.4) is 0 Å². The van der Waals surface area contributed by atoms with E-state index in [0.29, 0.717) is 35.7 Å². The van der Waals surface area contributed by atoms with Gasteiger partial charge in [0, 0.05) is 12.3 Å². The van der Waals surface area contributed by atoms with Crippen LogP contribution in [0.25, 0.3) is 0 Å². The fourth-order valence-electron chi connectivity index (χ4n) is 10.4. The molecule has 200 valence electrons. The minimum Gasteiger partial charge on any atom is -0.435 e. The number of ether oxygens (including phenoxy) is 4. The Morgan fingerprint density at radius 2 is 1.83 bits per heavy atom. The van der Waals surface area contributed by atoms with Gasteiger partial charge in [-0.05, 0) is 105 Å². The first-order chi connectivity index (χ1) is 17.2. The van der Waals surface area contributed by atoms with Gasteiger partial charge in [-0.1, -0.05) is 26.7 Å². The molecule has 0 N–H and O–H groups in total. The average molecular weight is 499 g/mol. The Morgan fingerprint density at radius 3 is 2.56 bits per heavy atom. The van der Waals surface area contributed by atoms with Crippen molar-refractivity contribution in [2.24, 2.45) is 52.3 Å². The van der Waals surface area contributed by atoms with E-state index in [1.54, 1.807) is 0 Å². The van der Waals surface area contributed by atoms with Crippen LogP contribution in [0.15, 0.2) is 0 Å². The quantitative estimate of drug-likeness (QED) is 0.318. The van der Waals surface area contributed by atoms with Gasteiger partial charge in [-0.2, -0.15) is 0 Å². The second kappa shape index (κ2) is 8.91. The third kappa shape index (κ3) is 3.60. The third-order valence-corrected chi connectivity index (χ3v) is 12.2. The van der Waals surface area contributed by atoms with Crippen LogP contribution in [0.4, 0.5) is 4.79 Å². The van der Waals surface area contributed by atoms with Crippen LogP contribution in [0, 0.1) is 64.6 Å². The van der Waals surface area contributed by atoms with Crippen LogP contribution in [0.1, 0.15) is 91.9 Å². The third-order valence-electron chi connectivity index (χ3n) is 12.2. The van der Waals surface area contributed by atoms with Crippen molar-refractivity contribution >= 4 is 6.16 Å². The van der Waals surface area contributed by atoms with Gasteiger partial charge in [-0.3, -0.25) is 0 Å². The maximum Gasteiger partial charge on any atom is 0.508 e. The molecule has 0 aromatic heterocycles. The molecule has 5 nitrogen and oxygen atoms in total. The molecule has 5 unspecified atom stereocenters. The minimum absolute atomic E-state index is 0.0116. The molecule has 6 rings (SSSR count). The summed E-state index contributed by atoms with van der Waals surface area (Å²) in [4.78, 5) is 11.9. The summed E-state index contributed by atoms with van der Waals surface area (Å²) >= 11 is 0. The molecule has 4 aliphatic carbocycles. The van der Waals surface area contributed by atoms with Gasteiger partial charge in [-0.15, -0.1) is 6.42 Å². The van der Waals surface area contributed by atoms with E-state index in [4.69, 9.17) is 25.4 Å². The molecule has 6 fully saturated rings. The Labute approximate surface area is 217 Å². The Balaban J connectivity index is 1.19. The summed E-state index contributed by atoms with van der Waals surface area (Å²) in [5.41, 5.74) is 0.582. The molecule has 0 bridgehead atoms. The molecule has 5 heteroatoms. The lowest BCUT2D eigenvalue weighted by Crippen LogP contribution is -2.55. The summed E-state index contributed by atoms with van der Waals surface area (Å²) in [5, 5.41) is 0. The summed E-state index contributed by atoms with van der Waals surface area (Å²) < 4.78 is 24.0. The number of rotatable bonds is 2. The largest absolute Gasteiger partial charge is 0.508 e. The number of hydrogen-bond donors (Lipinski definition) is 0. The summed E-state index contributed by atoms with van der Waals surface area (Å²) in [6.07, 6.45) is 17.4. The van der Waals surface area contributed by atoms with Crippen molar-refractivity contribution in [1.82, 2.24) is 0 Å². The van der Waals surface area contributed by atoms with Gasteiger partial charge < -0.3 is 18.9 Å². The number of carbonyl (C=O) groups excluding carboxylic acids is 1. The van der Waals surface area contributed by atoms with Crippen molar-refractivity contribution < 1.29 is 23.7 Å². The molecule has 12 atom stereocenters. The van der Waals surface area contributed by atoms with Crippen LogP contribution in [-0.2, 0) is 18.9 Å². The zero-order valence-corrected chi connectivity index (χ0v) is 22.8. The van der Waals surface area contributed by atoms with Crippen molar-refractivity contribution in [1.29, 1.82) is 0 Å². The van der Waals surface area contributed by atoms with E-state index in [2.05, 4.69) is 26.7 Å². The molecule has 0 aromatic rings. The van der Waals surface area contributed by atoms with Crippen LogP contribution >= 0.6 is 0 Å². The van der Waals surface area contributed by atoms with Crippen LogP contribution < -0.4 is 0 Å². The minimum atomic E-state index is -0.539. The first kappa shape index (κ1) is 25.1. The van der Waals surface area contributed by atoms with E-state index in [0.717, 1.165) is 57.0 Å². The summed E-state index contributed by atoms with van der Waals surface area (Å²) in [7, 11) is 0. The number of hydrogen-bond acceptors (Lipinski definition) is 5. The molecule has 4 saturated carbocycles. The van der Waals surface area contributed by atoms with Gasteiger partial charge in [0.2, 0.25) is 0 Å². The predicted octanol–water partition coefficient (Wildman–Crippen LogP) is 6.59. The van der Waals surface area contributed by atoms with Crippen molar-refractivity contribution in [3.05, 3.63) is 0 Å². The molecule has 6 aliphatic rings. The van der Waals surface area contributed by atoms with Crippen molar-refractivity contribution in [2.75, 3.05) is 13.2 Å². The van der Waals surface area contributed by atoms with Gasteiger partial charge >= 0.3 is 6.16 Å². The molecular weight excluding hydrogens is 452 g/mol. The summed E-state index contributed by atoms with van der Waals surface area (Å²) in [5.74, 6) is 6.59. The fraction of sp³-hybridized carbons (Fsp3) is 0.903. The van der Waals surface area contributed by atoms with E-state index in [1.165, 1.54) is 25.7 Å². The highest BCUT2D eigenvalue weighted by molar-refractivity contribution is 5.60. The second-order valence-electron chi connectivity index (χ2n) is 13.7.